The molecule has 0 N–H and O–H groups in total. The van der Waals surface area contributed by atoms with E-state index in [1.807, 2.05) is 0 Å². The van der Waals surface area contributed by atoms with Crippen molar-refractivity contribution in [3.05, 3.63) is 279 Å². The minimum atomic E-state index is 1.07. The molecule has 0 heterocycles. The lowest BCUT2D eigenvalue weighted by Gasteiger charge is -2.31. The maximum absolute atomic E-state index is 2.43. The van der Waals surface area contributed by atoms with Crippen LogP contribution in [0.5, 0.6) is 0 Å². The van der Waals surface area contributed by atoms with Gasteiger partial charge in [0.2, 0.25) is 0 Å². The lowest BCUT2D eigenvalue weighted by atomic mass is 9.93. The second-order valence-corrected chi connectivity index (χ2v) is 17.4. The van der Waals surface area contributed by atoms with Gasteiger partial charge in [-0.15, -0.1) is 0 Å². The van der Waals surface area contributed by atoms with Crippen molar-refractivity contribution < 1.29 is 0 Å². The quantitative estimate of drug-likeness (QED) is 0.135. The number of hydrogen-bond acceptors (Lipinski definition) is 2. The Morgan fingerprint density at radius 1 is 0.176 bits per heavy atom. The first kappa shape index (κ1) is 40.5. The maximum atomic E-state index is 2.43. The van der Waals surface area contributed by atoms with E-state index in [-0.39, 0.29) is 0 Å². The summed E-state index contributed by atoms with van der Waals surface area (Å²) in [7, 11) is 0. The third-order valence-electron chi connectivity index (χ3n) is 13.2. The lowest BCUT2D eigenvalue weighted by Crippen LogP contribution is -2.13. The summed E-state index contributed by atoms with van der Waals surface area (Å²) in [5.74, 6) is 0. The van der Waals surface area contributed by atoms with Gasteiger partial charge in [-0.25, -0.2) is 0 Å². The Morgan fingerprint density at radius 3 is 0.853 bits per heavy atom. The minimum absolute atomic E-state index is 1.07. The van der Waals surface area contributed by atoms with Crippen molar-refractivity contribution in [2.24, 2.45) is 0 Å². The molecule has 0 spiro atoms. The molecule has 0 unspecified atom stereocenters. The highest BCUT2D eigenvalue weighted by Crippen LogP contribution is 2.49. The van der Waals surface area contributed by atoms with E-state index in [0.29, 0.717) is 0 Å². The standard InChI is InChI=1S/C66H46N2/c1-5-17-47(18-6-1)57-43-63-64(65(45-57)67(59-25-9-3-10-26-59)61-37-33-51(34-38-61)55-31-29-49-21-13-15-23-53(49)41-55)44-58(48-19-7-2-8-20-48)46-66(63)68(60-27-11-4-12-28-60)62-39-35-52(36-40-62)56-32-30-50-22-14-16-24-54(50)42-56/h1-46H. The van der Waals surface area contributed by atoms with Crippen LogP contribution in [0.2, 0.25) is 0 Å². The van der Waals surface area contributed by atoms with E-state index < -0.39 is 0 Å². The molecule has 12 aromatic rings. The number of benzene rings is 12. The molecule has 2 nitrogen and oxygen atoms in total. The van der Waals surface area contributed by atoms with Crippen molar-refractivity contribution in [1.29, 1.82) is 0 Å². The topological polar surface area (TPSA) is 6.48 Å². The zero-order chi connectivity index (χ0) is 45.2. The fourth-order valence-electron chi connectivity index (χ4n) is 9.74. The van der Waals surface area contributed by atoms with E-state index >= 15 is 0 Å². The molecule has 0 amide bonds. The van der Waals surface area contributed by atoms with Gasteiger partial charge < -0.3 is 9.80 Å². The average Bonchev–Trinajstić information content (AvgIpc) is 3.42. The summed E-state index contributed by atoms with van der Waals surface area (Å²) < 4.78 is 0. The molecule has 0 atom stereocenters. The van der Waals surface area contributed by atoms with Crippen molar-refractivity contribution >= 4 is 66.4 Å². The summed E-state index contributed by atoms with van der Waals surface area (Å²) in [6.45, 7) is 0. The van der Waals surface area contributed by atoms with E-state index in [4.69, 9.17) is 0 Å². The maximum Gasteiger partial charge on any atom is 0.0547 e. The number of rotatable bonds is 10. The van der Waals surface area contributed by atoms with Gasteiger partial charge in [-0.3, -0.25) is 0 Å². The molecule has 68 heavy (non-hydrogen) atoms. The lowest BCUT2D eigenvalue weighted by molar-refractivity contribution is 1.28. The van der Waals surface area contributed by atoms with Crippen LogP contribution in [-0.2, 0) is 0 Å². The number of anilines is 6. The first-order valence-corrected chi connectivity index (χ1v) is 23.3. The molecule has 2 heteroatoms. The van der Waals surface area contributed by atoms with Crippen LogP contribution in [0.25, 0.3) is 76.8 Å². The van der Waals surface area contributed by atoms with Crippen molar-refractivity contribution in [2.45, 2.75) is 0 Å². The van der Waals surface area contributed by atoms with E-state index in [2.05, 4.69) is 289 Å². The molecular formula is C66H46N2. The molecule has 12 aromatic carbocycles. The van der Waals surface area contributed by atoms with Crippen LogP contribution >= 0.6 is 0 Å². The summed E-state index contributed by atoms with van der Waals surface area (Å²) in [6.07, 6.45) is 0. The molecule has 0 aliphatic heterocycles. The van der Waals surface area contributed by atoms with Crippen molar-refractivity contribution in [1.82, 2.24) is 0 Å². The van der Waals surface area contributed by atoms with E-state index in [0.717, 1.165) is 67.2 Å². The van der Waals surface area contributed by atoms with Crippen molar-refractivity contribution in [2.75, 3.05) is 9.80 Å². The first-order valence-electron chi connectivity index (χ1n) is 23.3. The van der Waals surface area contributed by atoms with Gasteiger partial charge in [0.25, 0.3) is 0 Å². The van der Waals surface area contributed by atoms with Crippen LogP contribution in [0.3, 0.4) is 0 Å². The number of nitrogens with zero attached hydrogens (tertiary/aromatic N) is 2. The molecule has 0 saturated carbocycles. The molecule has 12 rings (SSSR count). The summed E-state index contributed by atoms with van der Waals surface area (Å²) in [5, 5.41) is 7.23. The predicted octanol–water partition coefficient (Wildman–Crippen LogP) is 18.8. The number of para-hydroxylation sites is 2. The highest BCUT2D eigenvalue weighted by atomic mass is 15.2. The monoisotopic (exact) mass is 866 g/mol. The molecule has 0 aliphatic rings. The Morgan fingerprint density at radius 2 is 0.471 bits per heavy atom. The van der Waals surface area contributed by atoms with Gasteiger partial charge in [0.05, 0.1) is 11.4 Å². The van der Waals surface area contributed by atoms with Crippen LogP contribution in [0.1, 0.15) is 0 Å². The number of hydrogen-bond donors (Lipinski definition) is 0. The zero-order valence-corrected chi connectivity index (χ0v) is 37.5. The van der Waals surface area contributed by atoms with Gasteiger partial charge in [-0.2, -0.15) is 0 Å². The minimum Gasteiger partial charge on any atom is -0.310 e. The molecule has 0 saturated heterocycles. The third-order valence-corrected chi connectivity index (χ3v) is 13.2. The molecule has 0 radical (unpaired) electrons. The highest BCUT2D eigenvalue weighted by molar-refractivity contribution is 6.11. The Hall–Kier alpha value is -8.98. The van der Waals surface area contributed by atoms with Crippen LogP contribution in [0, 0.1) is 0 Å². The second-order valence-electron chi connectivity index (χ2n) is 17.4. The van der Waals surface area contributed by atoms with Gasteiger partial charge >= 0.3 is 0 Å². The Kier molecular flexibility index (Phi) is 10.6. The Labute approximate surface area is 397 Å². The zero-order valence-electron chi connectivity index (χ0n) is 37.5. The van der Waals surface area contributed by atoms with Gasteiger partial charge in [-0.05, 0) is 151 Å². The smallest absolute Gasteiger partial charge is 0.0547 e. The molecule has 0 fully saturated rings. The molecule has 0 bridgehead atoms. The first-order chi connectivity index (χ1) is 33.7. The number of fused-ring (bicyclic) bond motifs is 3. The summed E-state index contributed by atoms with van der Waals surface area (Å²) >= 11 is 0. The normalized spacial score (nSPS) is 11.2. The van der Waals surface area contributed by atoms with E-state index in [1.54, 1.807) is 0 Å². The molecule has 320 valence electrons. The summed E-state index contributed by atoms with van der Waals surface area (Å²) in [4.78, 5) is 4.87. The average molecular weight is 867 g/mol. The predicted molar refractivity (Wildman–Crippen MR) is 290 cm³/mol. The van der Waals surface area contributed by atoms with Gasteiger partial charge in [0.1, 0.15) is 0 Å². The highest BCUT2D eigenvalue weighted by Gasteiger charge is 2.23. The molecular weight excluding hydrogens is 821 g/mol. The summed E-state index contributed by atoms with van der Waals surface area (Å²) in [6, 6.07) is 101. The van der Waals surface area contributed by atoms with E-state index in [1.165, 1.54) is 43.8 Å². The largest absolute Gasteiger partial charge is 0.310 e. The molecule has 0 aliphatic carbocycles. The van der Waals surface area contributed by atoms with Crippen LogP contribution in [0.15, 0.2) is 279 Å². The summed E-state index contributed by atoms with van der Waals surface area (Å²) in [5.41, 5.74) is 15.8. The third kappa shape index (κ3) is 7.85. The van der Waals surface area contributed by atoms with Crippen molar-refractivity contribution in [3.63, 3.8) is 0 Å². The fourth-order valence-corrected chi connectivity index (χ4v) is 9.74. The van der Waals surface area contributed by atoms with E-state index in [9.17, 15) is 0 Å². The second kappa shape index (κ2) is 17.8. The Balaban J connectivity index is 1.09. The van der Waals surface area contributed by atoms with Gasteiger partial charge in [0.15, 0.2) is 0 Å². The molecule has 0 aromatic heterocycles. The van der Waals surface area contributed by atoms with Gasteiger partial charge in [0, 0.05) is 33.5 Å². The Bertz CT molecular complexity index is 3450. The van der Waals surface area contributed by atoms with Crippen molar-refractivity contribution in [3.8, 4) is 44.5 Å². The SMILES string of the molecule is c1ccc(-c2cc(N(c3ccccc3)c3ccc(-c4ccc5ccccc5c4)cc3)c3cc(-c4ccccc4)cc(N(c4ccccc4)c4ccc(-c5ccc6ccccc6c5)cc4)c3c2)cc1. The van der Waals surface area contributed by atoms with Crippen LogP contribution < -0.4 is 9.80 Å². The van der Waals surface area contributed by atoms with Crippen LogP contribution in [-0.4, -0.2) is 0 Å². The fraction of sp³-hybridized carbons (Fsp3) is 0. The van der Waals surface area contributed by atoms with Gasteiger partial charge in [-0.1, -0.05) is 194 Å². The van der Waals surface area contributed by atoms with Crippen LogP contribution in [0.4, 0.5) is 34.1 Å².